The highest BCUT2D eigenvalue weighted by Crippen LogP contribution is 2.38. The van der Waals surface area contributed by atoms with Crippen molar-refractivity contribution in [3.05, 3.63) is 41.7 Å². The lowest BCUT2D eigenvalue weighted by Crippen LogP contribution is -2.48. The van der Waals surface area contributed by atoms with Gasteiger partial charge in [-0.15, -0.1) is 0 Å². The number of nitrogens with one attached hydrogen (secondary N) is 1. The number of hydrogen-bond acceptors (Lipinski definition) is 5. The van der Waals surface area contributed by atoms with Gasteiger partial charge in [0.1, 0.15) is 5.69 Å². The number of amides is 1. The van der Waals surface area contributed by atoms with Gasteiger partial charge in [0.05, 0.1) is 15.8 Å². The molecule has 1 N–H and O–H groups in total. The van der Waals surface area contributed by atoms with Crippen molar-refractivity contribution >= 4 is 32.6 Å². The molecule has 3 aromatic rings. The molecule has 1 unspecified atom stereocenters. The maximum atomic E-state index is 13.2. The summed E-state index contributed by atoms with van der Waals surface area (Å²) in [6.07, 6.45) is -1.26. The molecule has 6 nitrogen and oxygen atoms in total. The van der Waals surface area contributed by atoms with Crippen molar-refractivity contribution in [3.8, 4) is 0 Å². The van der Waals surface area contributed by atoms with Crippen LogP contribution >= 0.6 is 11.3 Å². The second-order valence-corrected chi connectivity index (χ2v) is 7.75. The first-order valence-electron chi connectivity index (χ1n) is 8.83. The number of rotatable bonds is 3. The van der Waals surface area contributed by atoms with Crippen LogP contribution in [0.4, 0.5) is 18.3 Å². The third kappa shape index (κ3) is 3.56. The quantitative estimate of drug-likeness (QED) is 0.720. The molecule has 1 atom stereocenters. The Balaban J connectivity index is 1.53. The fourth-order valence-corrected chi connectivity index (χ4v) is 4.45. The van der Waals surface area contributed by atoms with Gasteiger partial charge in [-0.3, -0.25) is 9.48 Å². The fourth-order valence-electron chi connectivity index (χ4n) is 3.43. The van der Waals surface area contributed by atoms with Crippen molar-refractivity contribution < 1.29 is 18.0 Å². The number of anilines is 1. The van der Waals surface area contributed by atoms with Crippen molar-refractivity contribution in [1.29, 1.82) is 0 Å². The molecule has 0 spiro atoms. The lowest BCUT2D eigenvalue weighted by Gasteiger charge is -2.32. The molecule has 1 aromatic carbocycles. The molecule has 1 aliphatic heterocycles. The van der Waals surface area contributed by atoms with Gasteiger partial charge in [0.25, 0.3) is 5.91 Å². The number of carbonyl (C=O) groups is 1. The van der Waals surface area contributed by atoms with E-state index >= 15 is 0 Å². The van der Waals surface area contributed by atoms with Crippen LogP contribution in [-0.4, -0.2) is 39.8 Å². The third-order valence-electron chi connectivity index (χ3n) is 4.79. The number of benzene rings is 1. The van der Waals surface area contributed by atoms with E-state index in [1.807, 2.05) is 4.90 Å². The molecule has 1 amide bonds. The van der Waals surface area contributed by atoms with Crippen LogP contribution in [0, 0.1) is 0 Å². The molecule has 1 aliphatic rings. The van der Waals surface area contributed by atoms with Crippen LogP contribution in [0.1, 0.15) is 28.9 Å². The third-order valence-corrected chi connectivity index (χ3v) is 5.88. The Morgan fingerprint density at radius 1 is 1.32 bits per heavy atom. The summed E-state index contributed by atoms with van der Waals surface area (Å²) in [5.74, 6) is -0.212. The minimum absolute atomic E-state index is 0.0176. The van der Waals surface area contributed by atoms with Crippen molar-refractivity contribution in [3.63, 3.8) is 0 Å². The van der Waals surface area contributed by atoms with E-state index in [0.29, 0.717) is 28.6 Å². The molecule has 0 saturated carbocycles. The van der Waals surface area contributed by atoms with Crippen LogP contribution in [0.25, 0.3) is 10.2 Å². The van der Waals surface area contributed by atoms with E-state index in [4.69, 9.17) is 0 Å². The topological polar surface area (TPSA) is 63.1 Å². The molecule has 4 rings (SSSR count). The number of piperidine rings is 1. The van der Waals surface area contributed by atoms with Gasteiger partial charge in [-0.1, -0.05) is 17.4 Å². The number of halogens is 3. The predicted octanol–water partition coefficient (Wildman–Crippen LogP) is 3.45. The van der Waals surface area contributed by atoms with Gasteiger partial charge in [0.2, 0.25) is 0 Å². The molecule has 0 bridgehead atoms. The highest BCUT2D eigenvalue weighted by Gasteiger charge is 2.34. The van der Waals surface area contributed by atoms with Crippen LogP contribution in [0.15, 0.2) is 30.5 Å². The SMILES string of the molecule is Cn1nccc1C(=O)NC1CCCN(c2nc3c(C(F)(F)F)cccc3s2)C1. The van der Waals surface area contributed by atoms with E-state index in [-0.39, 0.29) is 17.5 Å². The van der Waals surface area contributed by atoms with E-state index < -0.39 is 11.7 Å². The molecular weight excluding hydrogens is 391 g/mol. The first-order valence-corrected chi connectivity index (χ1v) is 9.65. The minimum atomic E-state index is -4.44. The first-order chi connectivity index (χ1) is 13.3. The van der Waals surface area contributed by atoms with E-state index in [1.165, 1.54) is 22.1 Å². The van der Waals surface area contributed by atoms with Crippen molar-refractivity contribution in [2.45, 2.75) is 25.1 Å². The Bertz CT molecular complexity index is 1010. The lowest BCUT2D eigenvalue weighted by molar-refractivity contribution is -0.136. The van der Waals surface area contributed by atoms with E-state index in [0.717, 1.165) is 18.9 Å². The Kier molecular flexibility index (Phi) is 4.74. The van der Waals surface area contributed by atoms with Crippen molar-refractivity contribution in [2.75, 3.05) is 18.0 Å². The smallest absolute Gasteiger partial charge is 0.346 e. The zero-order chi connectivity index (χ0) is 19.9. The number of fused-ring (bicyclic) bond motifs is 1. The van der Waals surface area contributed by atoms with Gasteiger partial charge in [0.15, 0.2) is 5.13 Å². The van der Waals surface area contributed by atoms with Gasteiger partial charge < -0.3 is 10.2 Å². The van der Waals surface area contributed by atoms with Crippen molar-refractivity contribution in [2.24, 2.45) is 7.05 Å². The summed E-state index contributed by atoms with van der Waals surface area (Å²) in [5, 5.41) is 7.52. The molecule has 1 fully saturated rings. The number of aromatic nitrogens is 3. The van der Waals surface area contributed by atoms with Crippen LogP contribution in [0.3, 0.4) is 0 Å². The van der Waals surface area contributed by atoms with Crippen LogP contribution in [0.2, 0.25) is 0 Å². The van der Waals surface area contributed by atoms with Gasteiger partial charge in [-0.25, -0.2) is 4.98 Å². The van der Waals surface area contributed by atoms with E-state index in [2.05, 4.69) is 15.4 Å². The maximum Gasteiger partial charge on any atom is 0.418 e. The standard InChI is InChI=1S/C18H18F3N5OS/c1-25-13(7-8-22-25)16(27)23-11-4-3-9-26(10-11)17-24-15-12(18(19,20)21)5-2-6-14(15)28-17/h2,5-8,11H,3-4,9-10H2,1H3,(H,23,27). The summed E-state index contributed by atoms with van der Waals surface area (Å²) in [7, 11) is 1.70. The Morgan fingerprint density at radius 2 is 2.14 bits per heavy atom. The molecule has 10 heteroatoms. The van der Waals surface area contributed by atoms with Crippen LogP contribution in [0.5, 0.6) is 0 Å². The molecule has 1 saturated heterocycles. The number of nitrogens with zero attached hydrogens (tertiary/aromatic N) is 4. The zero-order valence-corrected chi connectivity index (χ0v) is 15.8. The van der Waals surface area contributed by atoms with Gasteiger partial charge in [-0.05, 0) is 31.0 Å². The van der Waals surface area contributed by atoms with Gasteiger partial charge >= 0.3 is 6.18 Å². The normalized spacial score (nSPS) is 17.9. The lowest BCUT2D eigenvalue weighted by atomic mass is 10.1. The summed E-state index contributed by atoms with van der Waals surface area (Å²) in [6, 6.07) is 5.64. The van der Waals surface area contributed by atoms with Gasteiger partial charge in [0, 0.05) is 32.4 Å². The molecule has 0 aliphatic carbocycles. The van der Waals surface area contributed by atoms with Crippen molar-refractivity contribution in [1.82, 2.24) is 20.1 Å². The first kappa shape index (κ1) is 18.7. The van der Waals surface area contributed by atoms with Gasteiger partial charge in [-0.2, -0.15) is 18.3 Å². The highest BCUT2D eigenvalue weighted by atomic mass is 32.1. The Labute approximate surface area is 163 Å². The largest absolute Gasteiger partial charge is 0.418 e. The summed E-state index contributed by atoms with van der Waals surface area (Å²) in [4.78, 5) is 18.6. The average Bonchev–Trinajstić information content (AvgIpc) is 3.26. The number of alkyl halides is 3. The second kappa shape index (κ2) is 7.08. The zero-order valence-electron chi connectivity index (χ0n) is 15.0. The molecule has 0 radical (unpaired) electrons. The monoisotopic (exact) mass is 409 g/mol. The average molecular weight is 409 g/mol. The minimum Gasteiger partial charge on any atom is -0.346 e. The Hall–Kier alpha value is -2.62. The summed E-state index contributed by atoms with van der Waals surface area (Å²) in [6.45, 7) is 1.20. The predicted molar refractivity (Wildman–Crippen MR) is 101 cm³/mol. The summed E-state index contributed by atoms with van der Waals surface area (Å²) < 4.78 is 41.7. The number of carbonyl (C=O) groups excluding carboxylic acids is 1. The molecule has 2 aromatic heterocycles. The molecular formula is C18H18F3N5OS. The molecule has 148 valence electrons. The number of para-hydroxylation sites is 1. The maximum absolute atomic E-state index is 13.2. The number of hydrogen-bond donors (Lipinski definition) is 1. The number of thiazole rings is 1. The molecule has 3 heterocycles. The summed E-state index contributed by atoms with van der Waals surface area (Å²) in [5.41, 5.74) is -0.270. The second-order valence-electron chi connectivity index (χ2n) is 6.75. The highest BCUT2D eigenvalue weighted by molar-refractivity contribution is 7.22. The number of aryl methyl sites for hydroxylation is 1. The molecule has 28 heavy (non-hydrogen) atoms. The van der Waals surface area contributed by atoms with E-state index in [9.17, 15) is 18.0 Å². The van der Waals surface area contributed by atoms with Crippen LogP contribution < -0.4 is 10.2 Å². The van der Waals surface area contributed by atoms with E-state index in [1.54, 1.807) is 25.4 Å². The summed E-state index contributed by atoms with van der Waals surface area (Å²) >= 11 is 1.24. The van der Waals surface area contributed by atoms with Crippen LogP contribution in [-0.2, 0) is 13.2 Å². The fraction of sp³-hybridized carbons (Fsp3) is 0.389. The Morgan fingerprint density at radius 3 is 2.86 bits per heavy atom.